The molecule has 4 unspecified atom stereocenters. The number of hydrogen-bond donors (Lipinski definition) is 0. The zero-order chi connectivity index (χ0) is 27.4. The summed E-state index contributed by atoms with van der Waals surface area (Å²) in [6.45, 7) is 9.49. The van der Waals surface area contributed by atoms with Gasteiger partial charge in [0, 0.05) is 0 Å². The van der Waals surface area contributed by atoms with Crippen molar-refractivity contribution in [3.05, 3.63) is 117 Å². The Labute approximate surface area is 243 Å². The van der Waals surface area contributed by atoms with Gasteiger partial charge in [-0.3, -0.25) is 0 Å². The molecule has 4 aliphatic rings. The zero-order valence-electron chi connectivity index (χ0n) is 23.9. The third kappa shape index (κ3) is 4.55. The van der Waals surface area contributed by atoms with E-state index in [9.17, 15) is 0 Å². The molecule has 4 aliphatic carbocycles. The summed E-state index contributed by atoms with van der Waals surface area (Å²) < 4.78 is 1.66. The number of benzene rings is 2. The fourth-order valence-electron chi connectivity index (χ4n) is 8.70. The predicted octanol–water partition coefficient (Wildman–Crippen LogP) is 11.2. The molecule has 0 saturated heterocycles. The first-order valence-electron chi connectivity index (χ1n) is 15.0. The Morgan fingerprint density at radius 2 is 1.18 bits per heavy atom. The standard InChI is InChI=1S/C14H12.2C11H15.2ClH.Zr/c1-3-7-13(8-4-1)11-12-14-9-5-2-6-10-14;2*1-8-6-10-5-3-4-9(2)11(10)7-8;;;/h1-10H,11H2;2*6-7,9H,3-5H2,1-2H3;2*1H;/q;;;;;+2/p-2. The molecular formula is C36H42Cl2Zr. The second-order valence-corrected chi connectivity index (χ2v) is 33.6. The third-order valence-electron chi connectivity index (χ3n) is 10.3. The Bertz CT molecular complexity index is 1410. The van der Waals surface area contributed by atoms with Crippen LogP contribution in [0.5, 0.6) is 0 Å². The molecule has 0 heterocycles. The van der Waals surface area contributed by atoms with Crippen LogP contribution in [-0.4, -0.2) is 3.21 Å². The normalized spacial score (nSPS) is 27.3. The fourth-order valence-corrected chi connectivity index (χ4v) is 32.8. The molecule has 0 radical (unpaired) electrons. The summed E-state index contributed by atoms with van der Waals surface area (Å²) in [5.41, 5.74) is 11.6. The Kier molecular flexibility index (Phi) is 7.53. The van der Waals surface area contributed by atoms with E-state index >= 15 is 0 Å². The molecule has 4 atom stereocenters. The fraction of sp³-hybridized carbons (Fsp3) is 0.417. The predicted molar refractivity (Wildman–Crippen MR) is 167 cm³/mol. The third-order valence-corrected chi connectivity index (χ3v) is 31.3. The van der Waals surface area contributed by atoms with Gasteiger partial charge in [0.2, 0.25) is 0 Å². The topological polar surface area (TPSA) is 0 Å². The van der Waals surface area contributed by atoms with Crippen LogP contribution in [0.1, 0.15) is 77.3 Å². The Morgan fingerprint density at radius 1 is 0.718 bits per heavy atom. The van der Waals surface area contributed by atoms with Gasteiger partial charge in [0.05, 0.1) is 0 Å². The SMILES string of the molecule is CC1=CC2=C(CCCC2C)[CH]1[Zr]([Cl])([Cl])(=[C](Cc1ccccc1)c1ccccc1)[CH]1C(C)=CC2=C1CCCC2C. The molecule has 0 amide bonds. The summed E-state index contributed by atoms with van der Waals surface area (Å²) >= 11 is -5.07. The van der Waals surface area contributed by atoms with Gasteiger partial charge in [0.1, 0.15) is 0 Å². The molecule has 204 valence electrons. The maximum atomic E-state index is 8.77. The van der Waals surface area contributed by atoms with Gasteiger partial charge in [-0.25, -0.2) is 0 Å². The van der Waals surface area contributed by atoms with Crippen LogP contribution in [0.25, 0.3) is 0 Å². The molecule has 0 N–H and O–H groups in total. The average molecular weight is 637 g/mol. The molecule has 0 aliphatic heterocycles. The Balaban J connectivity index is 1.73. The van der Waals surface area contributed by atoms with E-state index in [-0.39, 0.29) is 7.25 Å². The van der Waals surface area contributed by atoms with Crippen molar-refractivity contribution in [3.8, 4) is 0 Å². The van der Waals surface area contributed by atoms with E-state index in [2.05, 4.69) is 101 Å². The molecule has 3 heteroatoms. The van der Waals surface area contributed by atoms with Crippen LogP contribution in [-0.2, 0) is 22.3 Å². The second-order valence-electron chi connectivity index (χ2n) is 12.8. The molecule has 0 saturated carbocycles. The maximum absolute atomic E-state index is 8.77. The van der Waals surface area contributed by atoms with Gasteiger partial charge in [-0.1, -0.05) is 0 Å². The zero-order valence-corrected chi connectivity index (χ0v) is 27.9. The minimum absolute atomic E-state index is 0.156. The van der Waals surface area contributed by atoms with Crippen LogP contribution in [0.4, 0.5) is 0 Å². The summed E-state index contributed by atoms with van der Waals surface area (Å²) in [5.74, 6) is 1.17. The van der Waals surface area contributed by atoms with E-state index in [1.54, 1.807) is 22.3 Å². The molecule has 0 spiro atoms. The summed E-state index contributed by atoms with van der Waals surface area (Å²) in [7, 11) is 17.5. The van der Waals surface area contributed by atoms with Crippen LogP contribution in [0.2, 0.25) is 7.25 Å². The monoisotopic (exact) mass is 634 g/mol. The number of rotatable bonds is 5. The molecule has 0 bridgehead atoms. The van der Waals surface area contributed by atoms with Crippen molar-refractivity contribution >= 4 is 20.2 Å². The van der Waals surface area contributed by atoms with Crippen molar-refractivity contribution in [1.82, 2.24) is 0 Å². The van der Waals surface area contributed by atoms with E-state index in [1.807, 2.05) is 0 Å². The van der Waals surface area contributed by atoms with Gasteiger partial charge in [-0.2, -0.15) is 0 Å². The summed E-state index contributed by atoms with van der Waals surface area (Å²) in [6, 6.07) is 21.9. The van der Waals surface area contributed by atoms with Crippen molar-refractivity contribution < 1.29 is 15.9 Å². The van der Waals surface area contributed by atoms with Crippen molar-refractivity contribution in [2.24, 2.45) is 11.8 Å². The first kappa shape index (κ1) is 27.9. The molecule has 2 aromatic rings. The first-order valence-corrected chi connectivity index (χ1v) is 25.4. The quantitative estimate of drug-likeness (QED) is 0.306. The molecule has 6 rings (SSSR count). The van der Waals surface area contributed by atoms with E-state index in [0.29, 0.717) is 11.8 Å². The van der Waals surface area contributed by atoms with Gasteiger partial charge in [0.25, 0.3) is 0 Å². The molecule has 2 aromatic carbocycles. The first-order chi connectivity index (χ1) is 18.7. The Morgan fingerprint density at radius 3 is 1.67 bits per heavy atom. The molecule has 39 heavy (non-hydrogen) atoms. The van der Waals surface area contributed by atoms with Gasteiger partial charge < -0.3 is 0 Å². The van der Waals surface area contributed by atoms with Gasteiger partial charge in [-0.05, 0) is 0 Å². The van der Waals surface area contributed by atoms with E-state index in [1.165, 1.54) is 51.2 Å². The van der Waals surface area contributed by atoms with Crippen LogP contribution < -0.4 is 0 Å². The van der Waals surface area contributed by atoms with Gasteiger partial charge in [0.15, 0.2) is 0 Å². The van der Waals surface area contributed by atoms with Gasteiger partial charge in [-0.15, -0.1) is 0 Å². The molecule has 0 nitrogen and oxygen atoms in total. The summed E-state index contributed by atoms with van der Waals surface area (Å²) in [5, 5.41) is 0. The summed E-state index contributed by atoms with van der Waals surface area (Å²) in [4.78, 5) is 0. The van der Waals surface area contributed by atoms with Crippen LogP contribution in [0.3, 0.4) is 0 Å². The second kappa shape index (κ2) is 10.5. The van der Waals surface area contributed by atoms with E-state index in [0.717, 1.165) is 19.3 Å². The Hall–Kier alpha value is -1.27. The van der Waals surface area contributed by atoms with Crippen molar-refractivity contribution in [3.63, 3.8) is 0 Å². The number of allylic oxidation sites excluding steroid dienone is 8. The van der Waals surface area contributed by atoms with E-state index < -0.39 is 15.9 Å². The van der Waals surface area contributed by atoms with Crippen LogP contribution >= 0.6 is 17.0 Å². The van der Waals surface area contributed by atoms with Gasteiger partial charge >= 0.3 is 245 Å². The number of halogens is 2. The molecule has 0 aromatic heterocycles. The summed E-state index contributed by atoms with van der Waals surface area (Å²) in [6.07, 6.45) is 13.1. The van der Waals surface area contributed by atoms with E-state index in [4.69, 9.17) is 17.0 Å². The number of hydrogen-bond acceptors (Lipinski definition) is 0. The van der Waals surface area contributed by atoms with Crippen LogP contribution in [0.15, 0.2) is 106 Å². The van der Waals surface area contributed by atoms with Crippen molar-refractivity contribution in [2.75, 3.05) is 0 Å². The minimum atomic E-state index is -5.07. The molecule has 0 fully saturated rings. The van der Waals surface area contributed by atoms with Crippen molar-refractivity contribution in [1.29, 1.82) is 0 Å². The van der Waals surface area contributed by atoms with Crippen LogP contribution in [0, 0.1) is 11.8 Å². The molecular weight excluding hydrogens is 595 g/mol. The average Bonchev–Trinajstić information content (AvgIpc) is 3.47. The van der Waals surface area contributed by atoms with Crippen molar-refractivity contribution in [2.45, 2.75) is 79.9 Å².